The Balaban J connectivity index is 2.27. The fourth-order valence-corrected chi connectivity index (χ4v) is 2.23. The van der Waals surface area contributed by atoms with E-state index in [1.807, 2.05) is 19.1 Å². The van der Waals surface area contributed by atoms with Crippen molar-refractivity contribution in [1.82, 2.24) is 0 Å². The molecule has 0 heterocycles. The normalized spacial score (nSPS) is 10.3. The minimum atomic E-state index is -0.190. The van der Waals surface area contributed by atoms with Gasteiger partial charge in [0.25, 0.3) is 5.91 Å². The summed E-state index contributed by atoms with van der Waals surface area (Å²) < 4.78 is 0.854. The first-order valence-corrected chi connectivity index (χ1v) is 6.77. The lowest BCUT2D eigenvalue weighted by atomic mass is 10.1. The highest BCUT2D eigenvalue weighted by atomic mass is 79.9. The minimum Gasteiger partial charge on any atom is -0.398 e. The molecule has 1 amide bonds. The number of nitrogens with one attached hydrogen (secondary N) is 1. The molecule has 0 aliphatic rings. The summed E-state index contributed by atoms with van der Waals surface area (Å²) in [6, 6.07) is 10.6. The number of carbonyl (C=O) groups excluding carboxylic acids is 1. The topological polar surface area (TPSA) is 55.1 Å². The minimum absolute atomic E-state index is 0.190. The van der Waals surface area contributed by atoms with Crippen LogP contribution in [0.1, 0.15) is 15.9 Å². The second-order valence-electron chi connectivity index (χ2n) is 4.15. The molecule has 0 aliphatic heterocycles. The largest absolute Gasteiger partial charge is 0.398 e. The summed E-state index contributed by atoms with van der Waals surface area (Å²) in [6.07, 6.45) is 0. The molecule has 19 heavy (non-hydrogen) atoms. The maximum absolute atomic E-state index is 12.1. The molecule has 2 rings (SSSR count). The van der Waals surface area contributed by atoms with Gasteiger partial charge in [-0.25, -0.2) is 0 Å². The number of hydrogen-bond acceptors (Lipinski definition) is 2. The molecular formula is C14H12BrClN2O. The van der Waals surface area contributed by atoms with Crippen LogP contribution in [0.4, 0.5) is 11.4 Å². The Hall–Kier alpha value is -1.52. The first-order valence-electron chi connectivity index (χ1n) is 5.60. The molecule has 0 radical (unpaired) electrons. The quantitative estimate of drug-likeness (QED) is 0.804. The Morgan fingerprint density at radius 1 is 1.32 bits per heavy atom. The van der Waals surface area contributed by atoms with E-state index in [-0.39, 0.29) is 5.91 Å². The zero-order chi connectivity index (χ0) is 14.0. The van der Waals surface area contributed by atoms with Gasteiger partial charge in [-0.1, -0.05) is 33.6 Å². The van der Waals surface area contributed by atoms with Gasteiger partial charge in [0.2, 0.25) is 0 Å². The van der Waals surface area contributed by atoms with Crippen LogP contribution in [0.5, 0.6) is 0 Å². The van der Waals surface area contributed by atoms with E-state index in [1.54, 1.807) is 24.3 Å². The molecule has 0 saturated carbocycles. The lowest BCUT2D eigenvalue weighted by molar-refractivity contribution is 0.102. The second kappa shape index (κ2) is 5.63. The van der Waals surface area contributed by atoms with Crippen LogP contribution in [-0.2, 0) is 0 Å². The molecule has 0 atom stereocenters. The smallest absolute Gasteiger partial charge is 0.255 e. The highest BCUT2D eigenvalue weighted by molar-refractivity contribution is 9.10. The molecular weight excluding hydrogens is 328 g/mol. The van der Waals surface area contributed by atoms with Gasteiger partial charge in [0.1, 0.15) is 0 Å². The average molecular weight is 340 g/mol. The van der Waals surface area contributed by atoms with E-state index in [0.717, 1.165) is 10.0 Å². The van der Waals surface area contributed by atoms with Crippen LogP contribution >= 0.6 is 27.5 Å². The van der Waals surface area contributed by atoms with Crippen molar-refractivity contribution >= 4 is 44.8 Å². The number of carbonyl (C=O) groups is 1. The van der Waals surface area contributed by atoms with Gasteiger partial charge in [0.15, 0.2) is 0 Å². The van der Waals surface area contributed by atoms with Crippen molar-refractivity contribution in [3.8, 4) is 0 Å². The maximum Gasteiger partial charge on any atom is 0.255 e. The van der Waals surface area contributed by atoms with Crippen molar-refractivity contribution in [2.24, 2.45) is 0 Å². The van der Waals surface area contributed by atoms with E-state index in [1.165, 1.54) is 0 Å². The van der Waals surface area contributed by atoms with E-state index < -0.39 is 0 Å². The van der Waals surface area contributed by atoms with Gasteiger partial charge in [-0.3, -0.25) is 4.79 Å². The average Bonchev–Trinajstić information content (AvgIpc) is 2.36. The third-order valence-electron chi connectivity index (χ3n) is 2.68. The van der Waals surface area contributed by atoms with Crippen LogP contribution in [0.3, 0.4) is 0 Å². The van der Waals surface area contributed by atoms with Crippen LogP contribution < -0.4 is 11.1 Å². The zero-order valence-electron chi connectivity index (χ0n) is 10.2. The Labute approximate surface area is 124 Å². The van der Waals surface area contributed by atoms with Crippen LogP contribution in [0.15, 0.2) is 40.9 Å². The summed E-state index contributed by atoms with van der Waals surface area (Å²) in [4.78, 5) is 12.1. The number of rotatable bonds is 2. The van der Waals surface area contributed by atoms with Gasteiger partial charge < -0.3 is 11.1 Å². The molecule has 0 spiro atoms. The molecule has 0 aromatic heterocycles. The fourth-order valence-electron chi connectivity index (χ4n) is 1.66. The molecule has 2 aromatic rings. The van der Waals surface area contributed by atoms with Gasteiger partial charge in [0.05, 0.1) is 10.7 Å². The summed E-state index contributed by atoms with van der Waals surface area (Å²) >= 11 is 9.29. The number of aryl methyl sites for hydroxylation is 1. The number of nitrogen functional groups attached to an aromatic ring is 1. The van der Waals surface area contributed by atoms with Gasteiger partial charge >= 0.3 is 0 Å². The summed E-state index contributed by atoms with van der Waals surface area (Å²) in [5.41, 5.74) is 8.29. The number of hydrogen-bond donors (Lipinski definition) is 2. The monoisotopic (exact) mass is 338 g/mol. The van der Waals surface area contributed by atoms with E-state index in [2.05, 4.69) is 21.2 Å². The number of benzene rings is 2. The molecule has 0 unspecified atom stereocenters. The van der Waals surface area contributed by atoms with Crippen LogP contribution in [0.25, 0.3) is 0 Å². The highest BCUT2D eigenvalue weighted by Gasteiger charge is 2.09. The van der Waals surface area contributed by atoms with Crippen molar-refractivity contribution < 1.29 is 4.79 Å². The number of nitrogens with two attached hydrogens (primary N) is 1. The molecule has 3 N–H and O–H groups in total. The SMILES string of the molecule is Cc1cc(N)c(Cl)cc1NC(=O)c1cccc(Br)c1. The van der Waals surface area contributed by atoms with Gasteiger partial charge in [-0.2, -0.15) is 0 Å². The van der Waals surface area contributed by atoms with E-state index in [9.17, 15) is 4.79 Å². The second-order valence-corrected chi connectivity index (χ2v) is 5.48. The van der Waals surface area contributed by atoms with E-state index >= 15 is 0 Å². The van der Waals surface area contributed by atoms with E-state index in [0.29, 0.717) is 22.0 Å². The predicted octanol–water partition coefficient (Wildman–Crippen LogP) is 4.25. The van der Waals surface area contributed by atoms with Crippen molar-refractivity contribution in [1.29, 1.82) is 0 Å². The summed E-state index contributed by atoms with van der Waals surface area (Å²) in [6.45, 7) is 1.86. The summed E-state index contributed by atoms with van der Waals surface area (Å²) in [5.74, 6) is -0.190. The van der Waals surface area contributed by atoms with Crippen molar-refractivity contribution in [2.75, 3.05) is 11.1 Å². The molecule has 3 nitrogen and oxygen atoms in total. The van der Waals surface area contributed by atoms with Gasteiger partial charge in [-0.05, 0) is 42.8 Å². The van der Waals surface area contributed by atoms with Gasteiger partial charge in [-0.15, -0.1) is 0 Å². The van der Waals surface area contributed by atoms with Gasteiger partial charge in [0, 0.05) is 15.7 Å². The maximum atomic E-state index is 12.1. The molecule has 98 valence electrons. The Kier molecular flexibility index (Phi) is 4.12. The van der Waals surface area contributed by atoms with E-state index in [4.69, 9.17) is 17.3 Å². The third-order valence-corrected chi connectivity index (χ3v) is 3.50. The highest BCUT2D eigenvalue weighted by Crippen LogP contribution is 2.27. The molecule has 2 aromatic carbocycles. The predicted molar refractivity (Wildman–Crippen MR) is 82.7 cm³/mol. The molecule has 0 aliphatic carbocycles. The number of anilines is 2. The molecule has 5 heteroatoms. The lowest BCUT2D eigenvalue weighted by Gasteiger charge is -2.10. The Bertz CT molecular complexity index is 643. The molecule has 0 fully saturated rings. The van der Waals surface area contributed by atoms with Crippen molar-refractivity contribution in [3.05, 3.63) is 57.0 Å². The summed E-state index contributed by atoms with van der Waals surface area (Å²) in [7, 11) is 0. The fraction of sp³-hybridized carbons (Fsp3) is 0.0714. The lowest BCUT2D eigenvalue weighted by Crippen LogP contribution is -2.13. The standard InChI is InChI=1S/C14H12BrClN2O/c1-8-5-12(17)11(16)7-13(8)18-14(19)9-3-2-4-10(15)6-9/h2-7H,17H2,1H3,(H,18,19). The molecule has 0 saturated heterocycles. The van der Waals surface area contributed by atoms with Crippen LogP contribution in [0, 0.1) is 6.92 Å². The third kappa shape index (κ3) is 3.28. The number of halogens is 2. The summed E-state index contributed by atoms with van der Waals surface area (Å²) in [5, 5.41) is 3.25. The number of amides is 1. The van der Waals surface area contributed by atoms with Crippen LogP contribution in [-0.4, -0.2) is 5.91 Å². The molecule has 0 bridgehead atoms. The Morgan fingerprint density at radius 3 is 2.74 bits per heavy atom. The first-order chi connectivity index (χ1) is 8.97. The van der Waals surface area contributed by atoms with Crippen molar-refractivity contribution in [3.63, 3.8) is 0 Å². The Morgan fingerprint density at radius 2 is 2.05 bits per heavy atom. The zero-order valence-corrected chi connectivity index (χ0v) is 12.5. The van der Waals surface area contributed by atoms with Crippen molar-refractivity contribution in [2.45, 2.75) is 6.92 Å². The van der Waals surface area contributed by atoms with Crippen LogP contribution in [0.2, 0.25) is 5.02 Å². The first kappa shape index (κ1) is 13.9.